The SMILES string of the molecule is COc1ccc(CN(CC(O)C(Cc2ccccc2)C(CC(N)=O)(NC(=O)c2ccc3ccccc3n2)C(N)=O)C(=O)NC(C)(C)C)cc1. The second-order valence-electron chi connectivity index (χ2n) is 13.1. The van der Waals surface area contributed by atoms with Gasteiger partial charge in [0.15, 0.2) is 0 Å². The number of ether oxygens (including phenoxy) is 1. The Morgan fingerprint density at radius 1 is 0.857 bits per heavy atom. The fraction of sp³-hybridized carbons (Fsp3) is 0.324. The summed E-state index contributed by atoms with van der Waals surface area (Å²) < 4.78 is 5.26. The molecule has 4 aromatic rings. The second kappa shape index (κ2) is 15.6. The molecule has 0 saturated heterocycles. The van der Waals surface area contributed by atoms with E-state index in [9.17, 15) is 24.3 Å². The molecule has 258 valence electrons. The van der Waals surface area contributed by atoms with E-state index in [1.807, 2.05) is 32.9 Å². The summed E-state index contributed by atoms with van der Waals surface area (Å²) in [6, 6.07) is 25.9. The molecule has 0 saturated carbocycles. The van der Waals surface area contributed by atoms with Gasteiger partial charge in [-0.1, -0.05) is 66.7 Å². The number of urea groups is 1. The smallest absolute Gasteiger partial charge is 0.318 e. The number of amides is 5. The van der Waals surface area contributed by atoms with Gasteiger partial charge >= 0.3 is 6.03 Å². The molecule has 0 aliphatic heterocycles. The molecule has 12 heteroatoms. The number of primary amides is 2. The molecule has 3 unspecified atom stereocenters. The minimum atomic E-state index is -2.18. The third-order valence-electron chi connectivity index (χ3n) is 8.17. The highest BCUT2D eigenvalue weighted by Crippen LogP contribution is 2.31. The molecule has 0 aliphatic carbocycles. The average Bonchev–Trinajstić information content (AvgIpc) is 3.06. The van der Waals surface area contributed by atoms with Gasteiger partial charge < -0.3 is 36.8 Å². The van der Waals surface area contributed by atoms with Crippen molar-refractivity contribution in [3.8, 4) is 5.75 Å². The maximum Gasteiger partial charge on any atom is 0.318 e. The summed E-state index contributed by atoms with van der Waals surface area (Å²) in [5.74, 6) is -3.41. The van der Waals surface area contributed by atoms with Gasteiger partial charge in [-0.15, -0.1) is 0 Å². The van der Waals surface area contributed by atoms with Crippen LogP contribution in [0.4, 0.5) is 4.79 Å². The van der Waals surface area contributed by atoms with Crippen molar-refractivity contribution in [2.45, 2.75) is 57.3 Å². The molecule has 3 aromatic carbocycles. The molecule has 0 aliphatic rings. The summed E-state index contributed by atoms with van der Waals surface area (Å²) in [6.07, 6.45) is -2.23. The van der Waals surface area contributed by atoms with Gasteiger partial charge in [-0.25, -0.2) is 9.78 Å². The number of rotatable bonds is 14. The monoisotopic (exact) mass is 668 g/mol. The zero-order valence-electron chi connectivity index (χ0n) is 28.2. The summed E-state index contributed by atoms with van der Waals surface area (Å²) in [6.45, 7) is 5.25. The molecular formula is C37H44N6O6. The highest BCUT2D eigenvalue weighted by molar-refractivity contribution is 6.01. The molecule has 0 radical (unpaired) electrons. The van der Waals surface area contributed by atoms with Crippen LogP contribution in [-0.2, 0) is 22.6 Å². The first-order valence-corrected chi connectivity index (χ1v) is 15.9. The van der Waals surface area contributed by atoms with Crippen molar-refractivity contribution in [3.05, 3.63) is 108 Å². The zero-order valence-corrected chi connectivity index (χ0v) is 28.2. The van der Waals surface area contributed by atoms with Crippen LogP contribution in [0.25, 0.3) is 10.9 Å². The van der Waals surface area contributed by atoms with Crippen molar-refractivity contribution in [2.75, 3.05) is 13.7 Å². The van der Waals surface area contributed by atoms with E-state index < -0.39 is 53.3 Å². The molecule has 7 N–H and O–H groups in total. The largest absolute Gasteiger partial charge is 0.497 e. The Bertz CT molecular complexity index is 1780. The quantitative estimate of drug-likeness (QED) is 0.136. The number of carbonyl (C=O) groups excluding carboxylic acids is 4. The lowest BCUT2D eigenvalue weighted by Gasteiger charge is -2.42. The Hall–Kier alpha value is -5.49. The molecule has 4 rings (SSSR count). The first-order valence-electron chi connectivity index (χ1n) is 15.9. The number of pyridine rings is 1. The standard InChI is InChI=1S/C37H44N6O6/c1-36(2,3)42-35(48)43(22-25-14-17-27(49-4)18-15-25)23-31(44)28(20-24-10-6-5-7-11-24)37(34(39)47,21-32(38)45)41-33(46)30-19-16-26-12-8-9-13-29(26)40-30/h5-19,28,31,44H,20-23H2,1-4H3,(H2,38,45)(H2,39,47)(H,41,46)(H,42,48). The number of aliphatic hydroxyl groups is 1. The van der Waals surface area contributed by atoms with Crippen LogP contribution in [0.15, 0.2) is 91.0 Å². The maximum atomic E-state index is 13.9. The Balaban J connectivity index is 1.78. The average molecular weight is 669 g/mol. The topological polar surface area (TPSA) is 190 Å². The van der Waals surface area contributed by atoms with Crippen LogP contribution in [-0.4, -0.2) is 69.6 Å². The molecule has 0 fully saturated rings. The highest BCUT2D eigenvalue weighted by atomic mass is 16.5. The van der Waals surface area contributed by atoms with Crippen molar-refractivity contribution in [1.82, 2.24) is 20.5 Å². The third kappa shape index (κ3) is 9.54. The van der Waals surface area contributed by atoms with Crippen molar-refractivity contribution in [1.29, 1.82) is 0 Å². The summed E-state index contributed by atoms with van der Waals surface area (Å²) in [4.78, 5) is 59.6. The molecule has 1 heterocycles. The van der Waals surface area contributed by atoms with Crippen LogP contribution in [0.2, 0.25) is 0 Å². The number of carbonyl (C=O) groups is 4. The fourth-order valence-electron chi connectivity index (χ4n) is 5.76. The van der Waals surface area contributed by atoms with Crippen LogP contribution < -0.4 is 26.8 Å². The number of nitrogens with two attached hydrogens (primary N) is 2. The zero-order chi connectivity index (χ0) is 35.8. The number of aromatic nitrogens is 1. The lowest BCUT2D eigenvalue weighted by atomic mass is 9.73. The van der Waals surface area contributed by atoms with E-state index in [-0.39, 0.29) is 25.2 Å². The van der Waals surface area contributed by atoms with E-state index in [0.29, 0.717) is 16.8 Å². The van der Waals surface area contributed by atoms with Gasteiger partial charge in [0.05, 0.1) is 25.2 Å². The summed E-state index contributed by atoms with van der Waals surface area (Å²) in [5.41, 5.74) is 10.9. The number of nitrogens with one attached hydrogen (secondary N) is 2. The second-order valence-corrected chi connectivity index (χ2v) is 13.1. The van der Waals surface area contributed by atoms with Crippen LogP contribution in [0.1, 0.15) is 48.8 Å². The number of nitrogens with zero attached hydrogens (tertiary/aromatic N) is 2. The van der Waals surface area contributed by atoms with Gasteiger partial charge in [-0.3, -0.25) is 14.4 Å². The predicted molar refractivity (Wildman–Crippen MR) is 186 cm³/mol. The minimum Gasteiger partial charge on any atom is -0.497 e. The first-order chi connectivity index (χ1) is 23.2. The number of hydrogen-bond donors (Lipinski definition) is 5. The lowest BCUT2D eigenvalue weighted by Crippen LogP contribution is -2.67. The summed E-state index contributed by atoms with van der Waals surface area (Å²) in [5, 5.41) is 18.5. The van der Waals surface area contributed by atoms with Crippen LogP contribution in [0, 0.1) is 5.92 Å². The van der Waals surface area contributed by atoms with Crippen molar-refractivity contribution in [2.24, 2.45) is 17.4 Å². The van der Waals surface area contributed by atoms with Gasteiger partial charge in [0, 0.05) is 29.9 Å². The molecule has 3 atom stereocenters. The Morgan fingerprint density at radius 2 is 1.51 bits per heavy atom. The molecule has 0 bridgehead atoms. The normalized spacial score (nSPS) is 13.8. The highest BCUT2D eigenvalue weighted by Gasteiger charge is 2.50. The van der Waals surface area contributed by atoms with Crippen molar-refractivity contribution < 1.29 is 29.0 Å². The molecular weight excluding hydrogens is 624 g/mol. The van der Waals surface area contributed by atoms with Crippen LogP contribution in [0.5, 0.6) is 5.75 Å². The maximum absolute atomic E-state index is 13.9. The van der Waals surface area contributed by atoms with E-state index in [0.717, 1.165) is 10.9 Å². The van der Waals surface area contributed by atoms with Crippen LogP contribution >= 0.6 is 0 Å². The molecule has 0 spiro atoms. The van der Waals surface area contributed by atoms with Gasteiger partial charge in [0.2, 0.25) is 11.8 Å². The lowest BCUT2D eigenvalue weighted by molar-refractivity contribution is -0.134. The van der Waals surface area contributed by atoms with Crippen molar-refractivity contribution >= 4 is 34.7 Å². The number of aliphatic hydroxyl groups excluding tert-OH is 1. The molecule has 49 heavy (non-hydrogen) atoms. The number of para-hydroxylation sites is 1. The van der Waals surface area contributed by atoms with E-state index in [1.54, 1.807) is 79.9 Å². The molecule has 1 aromatic heterocycles. The Morgan fingerprint density at radius 3 is 2.12 bits per heavy atom. The van der Waals surface area contributed by atoms with Gasteiger partial charge in [0.1, 0.15) is 17.0 Å². The van der Waals surface area contributed by atoms with Gasteiger partial charge in [-0.2, -0.15) is 0 Å². The molecule has 12 nitrogen and oxygen atoms in total. The fourth-order valence-corrected chi connectivity index (χ4v) is 5.76. The van der Waals surface area contributed by atoms with E-state index in [2.05, 4.69) is 15.6 Å². The van der Waals surface area contributed by atoms with Gasteiger partial charge in [-0.05, 0) is 62.6 Å². The summed E-state index contributed by atoms with van der Waals surface area (Å²) in [7, 11) is 1.55. The van der Waals surface area contributed by atoms with Gasteiger partial charge in [0.25, 0.3) is 5.91 Å². The number of methoxy groups -OCH3 is 1. The van der Waals surface area contributed by atoms with E-state index in [4.69, 9.17) is 16.2 Å². The molecule has 5 amide bonds. The van der Waals surface area contributed by atoms with E-state index in [1.165, 1.54) is 11.0 Å². The Labute approximate surface area is 285 Å². The number of benzene rings is 3. The first kappa shape index (κ1) is 36.3. The predicted octanol–water partition coefficient (Wildman–Crippen LogP) is 3.30. The summed E-state index contributed by atoms with van der Waals surface area (Å²) >= 11 is 0. The number of hydrogen-bond acceptors (Lipinski definition) is 7. The van der Waals surface area contributed by atoms with E-state index >= 15 is 0 Å². The van der Waals surface area contributed by atoms with Crippen LogP contribution in [0.3, 0.4) is 0 Å². The Kier molecular flexibility index (Phi) is 11.6. The van der Waals surface area contributed by atoms with Crippen molar-refractivity contribution in [3.63, 3.8) is 0 Å². The number of fused-ring (bicyclic) bond motifs is 1. The minimum absolute atomic E-state index is 0.0130. The third-order valence-corrected chi connectivity index (χ3v) is 8.17.